The third-order valence-electron chi connectivity index (χ3n) is 4.81. The van der Waals surface area contributed by atoms with Crippen LogP contribution >= 0.6 is 23.4 Å². The molecule has 162 valence electrons. The molecule has 0 spiro atoms. The third-order valence-corrected chi connectivity index (χ3v) is 6.24. The fourth-order valence-corrected chi connectivity index (χ4v) is 4.35. The number of hydrogen-bond donors (Lipinski definition) is 0. The lowest BCUT2D eigenvalue weighted by Crippen LogP contribution is -2.27. The summed E-state index contributed by atoms with van der Waals surface area (Å²) < 4.78 is 15.8. The van der Waals surface area contributed by atoms with E-state index in [2.05, 4.69) is 15.5 Å². The molecule has 0 saturated heterocycles. The Kier molecular flexibility index (Phi) is 6.82. The molecule has 0 radical (unpaired) electrons. The quantitative estimate of drug-likeness (QED) is 0.357. The number of amides is 1. The van der Waals surface area contributed by atoms with Crippen LogP contribution in [0.5, 0.6) is 0 Å². The van der Waals surface area contributed by atoms with Crippen molar-refractivity contribution in [2.24, 2.45) is 0 Å². The maximum absolute atomic E-state index is 14.2. The van der Waals surface area contributed by atoms with Crippen molar-refractivity contribution in [3.63, 3.8) is 0 Å². The lowest BCUT2D eigenvalue weighted by atomic mass is 10.1. The Bertz CT molecular complexity index is 1210. The number of tetrazole rings is 1. The molecule has 4 aromatic rings. The van der Waals surface area contributed by atoms with Gasteiger partial charge in [0.1, 0.15) is 5.82 Å². The van der Waals surface area contributed by atoms with Crippen LogP contribution in [0.3, 0.4) is 0 Å². The number of aromatic nitrogens is 4. The molecule has 0 aliphatic carbocycles. The average molecular weight is 468 g/mol. The van der Waals surface area contributed by atoms with Gasteiger partial charge in [0.15, 0.2) is 5.82 Å². The molecule has 0 atom stereocenters. The predicted molar refractivity (Wildman–Crippen MR) is 122 cm³/mol. The highest BCUT2D eigenvalue weighted by atomic mass is 35.5. The van der Waals surface area contributed by atoms with Crippen LogP contribution in [-0.4, -0.2) is 38.1 Å². The van der Waals surface area contributed by atoms with Crippen molar-refractivity contribution in [1.82, 2.24) is 25.1 Å². The zero-order valence-electron chi connectivity index (χ0n) is 17.2. The van der Waals surface area contributed by atoms with Crippen LogP contribution in [0, 0.1) is 5.82 Å². The standard InChI is InChI=1S/C23H19ClFN5OS/c1-29(14-18-19(24)11-7-12-20(18)25)23(31)17-10-5-6-13-21(17)32-15-22-26-27-28-30(22)16-8-3-2-4-9-16/h2-13H,14-15H2,1H3. The first-order valence-corrected chi connectivity index (χ1v) is 11.1. The molecule has 1 heterocycles. The number of hydrogen-bond acceptors (Lipinski definition) is 5. The minimum atomic E-state index is -0.437. The van der Waals surface area contributed by atoms with Gasteiger partial charge in [-0.05, 0) is 46.8 Å². The van der Waals surface area contributed by atoms with E-state index in [1.54, 1.807) is 29.9 Å². The summed E-state index contributed by atoms with van der Waals surface area (Å²) in [6.45, 7) is 0.0651. The van der Waals surface area contributed by atoms with Gasteiger partial charge in [-0.1, -0.05) is 48.0 Å². The molecule has 6 nitrogen and oxygen atoms in total. The highest BCUT2D eigenvalue weighted by molar-refractivity contribution is 7.98. The van der Waals surface area contributed by atoms with Crippen LogP contribution < -0.4 is 0 Å². The van der Waals surface area contributed by atoms with E-state index in [9.17, 15) is 9.18 Å². The summed E-state index contributed by atoms with van der Waals surface area (Å²) >= 11 is 7.59. The van der Waals surface area contributed by atoms with Gasteiger partial charge in [0.25, 0.3) is 5.91 Å². The van der Waals surface area contributed by atoms with Crippen molar-refractivity contribution in [3.05, 3.63) is 101 Å². The number of thioether (sulfide) groups is 1. The van der Waals surface area contributed by atoms with Gasteiger partial charge in [0.2, 0.25) is 0 Å². The largest absolute Gasteiger partial charge is 0.337 e. The topological polar surface area (TPSA) is 63.9 Å². The number of carbonyl (C=O) groups is 1. The molecule has 0 bridgehead atoms. The Morgan fingerprint density at radius 2 is 1.81 bits per heavy atom. The second-order valence-corrected chi connectivity index (χ2v) is 8.41. The minimum Gasteiger partial charge on any atom is -0.337 e. The van der Waals surface area contributed by atoms with Crippen LogP contribution in [0.15, 0.2) is 77.7 Å². The Morgan fingerprint density at radius 1 is 1.06 bits per heavy atom. The highest BCUT2D eigenvalue weighted by Gasteiger charge is 2.19. The molecule has 1 amide bonds. The number of carbonyl (C=O) groups excluding carboxylic acids is 1. The van der Waals surface area contributed by atoms with Crippen LogP contribution in [-0.2, 0) is 12.3 Å². The van der Waals surface area contributed by atoms with E-state index in [1.807, 2.05) is 42.5 Å². The van der Waals surface area contributed by atoms with E-state index in [1.165, 1.54) is 28.8 Å². The fourth-order valence-electron chi connectivity index (χ4n) is 3.17. The summed E-state index contributed by atoms with van der Waals surface area (Å²) in [6, 6.07) is 21.4. The van der Waals surface area contributed by atoms with Crippen LogP contribution in [0.1, 0.15) is 21.7 Å². The second kappa shape index (κ2) is 9.93. The van der Waals surface area contributed by atoms with Gasteiger partial charge in [-0.15, -0.1) is 16.9 Å². The van der Waals surface area contributed by atoms with Crippen molar-refractivity contribution in [3.8, 4) is 5.69 Å². The van der Waals surface area contributed by atoms with Crippen LogP contribution in [0.2, 0.25) is 5.02 Å². The molecular weight excluding hydrogens is 449 g/mol. The third kappa shape index (κ3) is 4.81. The van der Waals surface area contributed by atoms with E-state index < -0.39 is 5.82 Å². The maximum atomic E-state index is 14.2. The first-order chi connectivity index (χ1) is 15.5. The minimum absolute atomic E-state index is 0.0651. The van der Waals surface area contributed by atoms with Gasteiger partial charge in [-0.2, -0.15) is 4.68 Å². The van der Waals surface area contributed by atoms with E-state index >= 15 is 0 Å². The zero-order valence-corrected chi connectivity index (χ0v) is 18.7. The molecule has 0 unspecified atom stereocenters. The Morgan fingerprint density at radius 3 is 2.59 bits per heavy atom. The first-order valence-electron chi connectivity index (χ1n) is 9.77. The molecule has 32 heavy (non-hydrogen) atoms. The second-order valence-electron chi connectivity index (χ2n) is 6.99. The Labute approximate surface area is 194 Å². The number of nitrogens with zero attached hydrogens (tertiary/aromatic N) is 5. The molecule has 0 N–H and O–H groups in total. The Balaban J connectivity index is 1.51. The van der Waals surface area contributed by atoms with Crippen molar-refractivity contribution in [2.75, 3.05) is 7.05 Å². The van der Waals surface area contributed by atoms with Gasteiger partial charge < -0.3 is 4.90 Å². The van der Waals surface area contributed by atoms with Crippen molar-refractivity contribution in [1.29, 1.82) is 0 Å². The lowest BCUT2D eigenvalue weighted by molar-refractivity contribution is 0.0780. The predicted octanol–water partition coefficient (Wildman–Crippen LogP) is 5.02. The van der Waals surface area contributed by atoms with E-state index in [0.29, 0.717) is 22.2 Å². The van der Waals surface area contributed by atoms with Crippen LogP contribution in [0.4, 0.5) is 4.39 Å². The zero-order chi connectivity index (χ0) is 22.5. The molecule has 4 rings (SSSR count). The molecule has 0 fully saturated rings. The number of para-hydroxylation sites is 1. The van der Waals surface area contributed by atoms with Crippen LogP contribution in [0.25, 0.3) is 5.69 Å². The molecule has 0 saturated carbocycles. The van der Waals surface area contributed by atoms with Gasteiger partial charge in [-0.3, -0.25) is 4.79 Å². The summed E-state index contributed by atoms with van der Waals surface area (Å²) in [4.78, 5) is 15.4. The van der Waals surface area contributed by atoms with Gasteiger partial charge in [0, 0.05) is 29.1 Å². The van der Waals surface area contributed by atoms with Crippen molar-refractivity contribution in [2.45, 2.75) is 17.2 Å². The van der Waals surface area contributed by atoms with Gasteiger partial charge >= 0.3 is 0 Å². The van der Waals surface area contributed by atoms with E-state index in [4.69, 9.17) is 11.6 Å². The van der Waals surface area contributed by atoms with Crippen molar-refractivity contribution < 1.29 is 9.18 Å². The molecule has 0 aliphatic rings. The lowest BCUT2D eigenvalue weighted by Gasteiger charge is -2.20. The normalized spacial score (nSPS) is 10.8. The summed E-state index contributed by atoms with van der Waals surface area (Å²) in [7, 11) is 1.63. The number of rotatable bonds is 7. The van der Waals surface area contributed by atoms with Gasteiger partial charge in [-0.25, -0.2) is 4.39 Å². The molecule has 9 heteroatoms. The summed E-state index contributed by atoms with van der Waals surface area (Å²) in [5, 5.41) is 12.3. The monoisotopic (exact) mass is 467 g/mol. The van der Waals surface area contributed by atoms with E-state index in [0.717, 1.165) is 10.6 Å². The number of benzene rings is 3. The summed E-state index contributed by atoms with van der Waals surface area (Å²) in [5.41, 5.74) is 1.67. The molecule has 0 aliphatic heterocycles. The summed E-state index contributed by atoms with van der Waals surface area (Å²) in [5.74, 6) is 0.465. The smallest absolute Gasteiger partial charge is 0.255 e. The fraction of sp³-hybridized carbons (Fsp3) is 0.130. The molecule has 3 aromatic carbocycles. The van der Waals surface area contributed by atoms with Gasteiger partial charge in [0.05, 0.1) is 17.0 Å². The highest BCUT2D eigenvalue weighted by Crippen LogP contribution is 2.28. The first kappa shape index (κ1) is 22.0. The molecular formula is C23H19ClFN5OS. The summed E-state index contributed by atoms with van der Waals surface area (Å²) in [6.07, 6.45) is 0. The Hall–Kier alpha value is -3.23. The SMILES string of the molecule is CN(Cc1c(F)cccc1Cl)C(=O)c1ccccc1SCc1nnnn1-c1ccccc1. The average Bonchev–Trinajstić information content (AvgIpc) is 3.29. The van der Waals surface area contributed by atoms with Crippen molar-refractivity contribution >= 4 is 29.3 Å². The van der Waals surface area contributed by atoms with E-state index in [-0.39, 0.29) is 18.0 Å². The number of halogens is 2. The maximum Gasteiger partial charge on any atom is 0.255 e. The molecule has 1 aromatic heterocycles.